The lowest BCUT2D eigenvalue weighted by molar-refractivity contribution is 0.0950. The lowest BCUT2D eigenvalue weighted by Gasteiger charge is -2.05. The second-order valence-corrected chi connectivity index (χ2v) is 8.55. The molecule has 2 rings (SSSR count). The quantitative estimate of drug-likeness (QED) is 0.564. The second kappa shape index (κ2) is 9.22. The van der Waals surface area contributed by atoms with E-state index in [4.69, 9.17) is 9.84 Å². The lowest BCUT2D eigenvalue weighted by Crippen LogP contribution is -2.31. The third kappa shape index (κ3) is 5.96. The van der Waals surface area contributed by atoms with E-state index in [2.05, 4.69) is 15.6 Å². The molecule has 0 bridgehead atoms. The maximum absolute atomic E-state index is 14.1. The van der Waals surface area contributed by atoms with Crippen LogP contribution in [0.1, 0.15) is 5.69 Å². The fourth-order valence-electron chi connectivity index (χ4n) is 2.21. The van der Waals surface area contributed by atoms with Gasteiger partial charge < -0.3 is 15.2 Å². The van der Waals surface area contributed by atoms with Gasteiger partial charge >= 0.3 is 6.03 Å². The van der Waals surface area contributed by atoms with Gasteiger partial charge in [-0.25, -0.2) is 22.6 Å². The van der Waals surface area contributed by atoms with Crippen LogP contribution in [0.3, 0.4) is 0 Å². The number of aromatic nitrogens is 1. The number of carbonyl (C=O) groups excluding carboxylic acids is 1. The average Bonchev–Trinajstić information content (AvgIpc) is 2.93. The molecule has 148 valence electrons. The minimum atomic E-state index is -3.64. The lowest BCUT2D eigenvalue weighted by atomic mass is 10.1. The number of hydrogen-bond donors (Lipinski definition) is 3. The van der Waals surface area contributed by atoms with Crippen molar-refractivity contribution in [2.75, 3.05) is 37.9 Å². The molecule has 1 aromatic heterocycles. The molecule has 0 aliphatic heterocycles. The Morgan fingerprint density at radius 3 is 2.74 bits per heavy atom. The monoisotopic (exact) mass is 417 g/mol. The van der Waals surface area contributed by atoms with Crippen LogP contribution in [0.25, 0.3) is 10.4 Å². The Kier molecular flexibility index (Phi) is 7.25. The van der Waals surface area contributed by atoms with Crippen LogP contribution in [0.2, 0.25) is 0 Å². The molecule has 0 atom stereocenters. The molecule has 8 nitrogen and oxygen atoms in total. The molecule has 0 radical (unpaired) electrons. The SMILES string of the molecule is Cc1nc(NC(=O)NCCOCCO)sc1-c1ccc(S(C)(=O)=O)c(F)c1. The molecule has 2 aromatic rings. The Hall–Kier alpha value is -2.08. The molecule has 1 heterocycles. The van der Waals surface area contributed by atoms with Crippen LogP contribution in [-0.4, -0.2) is 57.2 Å². The molecule has 0 spiro atoms. The van der Waals surface area contributed by atoms with Crippen molar-refractivity contribution in [1.82, 2.24) is 10.3 Å². The Labute approximate surface area is 160 Å². The number of aliphatic hydroxyl groups is 1. The van der Waals surface area contributed by atoms with Crippen molar-refractivity contribution in [3.63, 3.8) is 0 Å². The molecule has 27 heavy (non-hydrogen) atoms. The number of benzene rings is 1. The van der Waals surface area contributed by atoms with Crippen molar-refractivity contribution in [1.29, 1.82) is 0 Å². The highest BCUT2D eigenvalue weighted by Gasteiger charge is 2.17. The minimum Gasteiger partial charge on any atom is -0.394 e. The number of aryl methyl sites for hydroxylation is 1. The molecule has 1 aromatic carbocycles. The van der Waals surface area contributed by atoms with Crippen molar-refractivity contribution in [2.45, 2.75) is 11.8 Å². The first-order valence-electron chi connectivity index (χ1n) is 7.93. The minimum absolute atomic E-state index is 0.0842. The maximum atomic E-state index is 14.1. The van der Waals surface area contributed by atoms with Gasteiger partial charge in [0.25, 0.3) is 0 Å². The number of rotatable bonds is 8. The van der Waals surface area contributed by atoms with E-state index >= 15 is 0 Å². The van der Waals surface area contributed by atoms with Gasteiger partial charge in [0.2, 0.25) is 0 Å². The molecule has 0 saturated heterocycles. The fraction of sp³-hybridized carbons (Fsp3) is 0.375. The van der Waals surface area contributed by atoms with Gasteiger partial charge in [-0.05, 0) is 24.6 Å². The number of sulfone groups is 1. The average molecular weight is 417 g/mol. The van der Waals surface area contributed by atoms with E-state index in [9.17, 15) is 17.6 Å². The number of thiazole rings is 1. The number of aliphatic hydroxyl groups excluding tert-OH is 1. The van der Waals surface area contributed by atoms with Crippen molar-refractivity contribution in [2.24, 2.45) is 0 Å². The molecule has 11 heteroatoms. The van der Waals surface area contributed by atoms with Gasteiger partial charge in [0.15, 0.2) is 15.0 Å². The molecule has 0 saturated carbocycles. The topological polar surface area (TPSA) is 118 Å². The number of halogens is 1. The number of nitrogens with one attached hydrogen (secondary N) is 2. The van der Waals surface area contributed by atoms with Gasteiger partial charge in [-0.3, -0.25) is 5.32 Å². The van der Waals surface area contributed by atoms with Crippen LogP contribution in [0.5, 0.6) is 0 Å². The number of nitrogens with zero attached hydrogens (tertiary/aromatic N) is 1. The summed E-state index contributed by atoms with van der Waals surface area (Å²) in [5, 5.41) is 14.1. The first-order chi connectivity index (χ1) is 12.7. The Morgan fingerprint density at radius 1 is 1.37 bits per heavy atom. The number of hydrogen-bond acceptors (Lipinski definition) is 7. The Bertz CT molecular complexity index is 915. The summed E-state index contributed by atoms with van der Waals surface area (Å²) in [6.45, 7) is 2.36. The summed E-state index contributed by atoms with van der Waals surface area (Å²) in [7, 11) is -3.64. The standard InChI is InChI=1S/C16H20FN3O5S2/c1-10-14(11-3-4-13(12(17)9-11)27(2,23)24)26-16(19-10)20-15(22)18-5-7-25-8-6-21/h3-4,9,21H,5-8H2,1-2H3,(H2,18,19,20,22). The summed E-state index contributed by atoms with van der Waals surface area (Å²) < 4.78 is 42.2. The molecule has 0 unspecified atom stereocenters. The molecule has 0 aliphatic carbocycles. The predicted molar refractivity (Wildman–Crippen MR) is 100 cm³/mol. The van der Waals surface area contributed by atoms with Gasteiger partial charge in [-0.1, -0.05) is 17.4 Å². The first-order valence-corrected chi connectivity index (χ1v) is 10.6. The zero-order valence-electron chi connectivity index (χ0n) is 14.8. The highest BCUT2D eigenvalue weighted by molar-refractivity contribution is 7.90. The summed E-state index contributed by atoms with van der Waals surface area (Å²) in [6, 6.07) is 3.38. The highest BCUT2D eigenvalue weighted by atomic mass is 32.2. The van der Waals surface area contributed by atoms with Crippen molar-refractivity contribution in [3.8, 4) is 10.4 Å². The van der Waals surface area contributed by atoms with Gasteiger partial charge in [-0.15, -0.1) is 0 Å². The van der Waals surface area contributed by atoms with E-state index in [0.717, 1.165) is 23.7 Å². The van der Waals surface area contributed by atoms with Crippen LogP contribution in [0, 0.1) is 12.7 Å². The normalized spacial score (nSPS) is 11.4. The number of carbonyl (C=O) groups is 1. The van der Waals surface area contributed by atoms with Gasteiger partial charge in [0.05, 0.1) is 30.4 Å². The number of ether oxygens (including phenoxy) is 1. The van der Waals surface area contributed by atoms with Crippen molar-refractivity contribution >= 4 is 32.3 Å². The smallest absolute Gasteiger partial charge is 0.321 e. The van der Waals surface area contributed by atoms with E-state index in [1.807, 2.05) is 0 Å². The summed E-state index contributed by atoms with van der Waals surface area (Å²) in [4.78, 5) is 16.3. The van der Waals surface area contributed by atoms with E-state index in [1.54, 1.807) is 6.92 Å². The summed E-state index contributed by atoms with van der Waals surface area (Å²) >= 11 is 1.15. The second-order valence-electron chi connectivity index (χ2n) is 5.57. The number of anilines is 1. The highest BCUT2D eigenvalue weighted by Crippen LogP contribution is 2.34. The van der Waals surface area contributed by atoms with Crippen molar-refractivity contribution in [3.05, 3.63) is 29.7 Å². The van der Waals surface area contributed by atoms with Crippen LogP contribution in [0.15, 0.2) is 23.1 Å². The summed E-state index contributed by atoms with van der Waals surface area (Å²) in [6.07, 6.45) is 0.943. The van der Waals surface area contributed by atoms with Crippen LogP contribution >= 0.6 is 11.3 Å². The Morgan fingerprint density at radius 2 is 2.11 bits per heavy atom. The first kappa shape index (κ1) is 21.2. The van der Waals surface area contributed by atoms with E-state index in [0.29, 0.717) is 21.3 Å². The summed E-state index contributed by atoms with van der Waals surface area (Å²) in [5.41, 5.74) is 1.05. The molecule has 2 amide bonds. The zero-order valence-corrected chi connectivity index (χ0v) is 16.4. The van der Waals surface area contributed by atoms with Gasteiger partial charge in [0, 0.05) is 12.8 Å². The predicted octanol–water partition coefficient (Wildman–Crippen LogP) is 1.79. The van der Waals surface area contributed by atoms with Crippen LogP contribution in [-0.2, 0) is 14.6 Å². The fourth-order valence-corrected chi connectivity index (χ4v) is 3.89. The molecule has 3 N–H and O–H groups in total. The van der Waals surface area contributed by atoms with E-state index in [1.165, 1.54) is 12.1 Å². The van der Waals surface area contributed by atoms with Crippen LogP contribution in [0.4, 0.5) is 14.3 Å². The molecular weight excluding hydrogens is 397 g/mol. The van der Waals surface area contributed by atoms with Crippen molar-refractivity contribution < 1.29 is 27.4 Å². The van der Waals surface area contributed by atoms with E-state index in [-0.39, 0.29) is 31.3 Å². The maximum Gasteiger partial charge on any atom is 0.321 e. The largest absolute Gasteiger partial charge is 0.394 e. The number of amides is 2. The third-order valence-electron chi connectivity index (χ3n) is 3.38. The Balaban J connectivity index is 2.06. The molecule has 0 fully saturated rings. The third-order valence-corrected chi connectivity index (χ3v) is 5.63. The molecular formula is C16H20FN3O5S2. The summed E-state index contributed by atoms with van der Waals surface area (Å²) in [5.74, 6) is -0.835. The zero-order chi connectivity index (χ0) is 20.0. The van der Waals surface area contributed by atoms with Gasteiger partial charge in [-0.2, -0.15) is 0 Å². The molecule has 0 aliphatic rings. The number of urea groups is 1. The van der Waals surface area contributed by atoms with E-state index < -0.39 is 21.7 Å². The van der Waals surface area contributed by atoms with Crippen LogP contribution < -0.4 is 10.6 Å². The van der Waals surface area contributed by atoms with Gasteiger partial charge in [0.1, 0.15) is 10.7 Å².